The third-order valence-electron chi connectivity index (χ3n) is 3.97. The molecule has 28 heavy (non-hydrogen) atoms. The largest absolute Gasteiger partial charge is 0.496 e. The minimum Gasteiger partial charge on any atom is -0.496 e. The quantitative estimate of drug-likeness (QED) is 0.708. The Labute approximate surface area is 162 Å². The van der Waals surface area contributed by atoms with Gasteiger partial charge in [0.25, 0.3) is 0 Å². The van der Waals surface area contributed by atoms with Gasteiger partial charge >= 0.3 is 6.18 Å². The van der Waals surface area contributed by atoms with Gasteiger partial charge in [-0.15, -0.1) is 0 Å². The van der Waals surface area contributed by atoms with Crippen molar-refractivity contribution in [3.05, 3.63) is 58.7 Å². The predicted molar refractivity (Wildman–Crippen MR) is 98.6 cm³/mol. The molecular weight excluding hydrogens is 395 g/mol. The van der Waals surface area contributed by atoms with Gasteiger partial charge in [0.1, 0.15) is 12.4 Å². The van der Waals surface area contributed by atoms with E-state index >= 15 is 0 Å². The molecule has 0 spiro atoms. The fraction of sp³-hybridized carbons (Fsp3) is 0.368. The first kappa shape index (κ1) is 22.2. The van der Waals surface area contributed by atoms with Crippen LogP contribution < -0.4 is 9.46 Å². The molecule has 0 fully saturated rings. The van der Waals surface area contributed by atoms with Gasteiger partial charge in [0.15, 0.2) is 0 Å². The second kappa shape index (κ2) is 8.93. The molecular formula is C19H22F3NO4S. The Hall–Kier alpha value is -2.10. The highest BCUT2D eigenvalue weighted by atomic mass is 32.2. The summed E-state index contributed by atoms with van der Waals surface area (Å²) in [6.45, 7) is 2.11. The molecule has 1 N–H and O–H groups in total. The third kappa shape index (κ3) is 6.22. The number of ether oxygens (including phenoxy) is 2. The van der Waals surface area contributed by atoms with Gasteiger partial charge in [-0.2, -0.15) is 13.2 Å². The van der Waals surface area contributed by atoms with Crippen LogP contribution in [-0.2, 0) is 27.9 Å². The van der Waals surface area contributed by atoms with E-state index in [1.807, 2.05) is 0 Å². The number of hydrogen-bond donors (Lipinski definition) is 1. The summed E-state index contributed by atoms with van der Waals surface area (Å²) in [5, 5.41) is 0. The minimum atomic E-state index is -4.36. The van der Waals surface area contributed by atoms with E-state index in [1.165, 1.54) is 19.2 Å². The minimum absolute atomic E-state index is 0.0517. The third-order valence-corrected chi connectivity index (χ3v) is 5.35. The Morgan fingerprint density at radius 2 is 1.54 bits per heavy atom. The number of methoxy groups -OCH3 is 1. The lowest BCUT2D eigenvalue weighted by atomic mass is 10.1. The molecule has 0 atom stereocenters. The molecule has 2 rings (SSSR count). The number of halogens is 3. The van der Waals surface area contributed by atoms with Crippen LogP contribution in [0, 0.1) is 13.8 Å². The lowest BCUT2D eigenvalue weighted by Gasteiger charge is -2.13. The SMILES string of the molecule is COc1c(C)cc(S(=O)(=O)NCc2ccc(COCC(F)(F)F)cc2)cc1C. The zero-order valence-electron chi connectivity index (χ0n) is 15.8. The Morgan fingerprint density at radius 3 is 2.04 bits per heavy atom. The average Bonchev–Trinajstić information content (AvgIpc) is 2.60. The number of nitrogens with one attached hydrogen (secondary N) is 1. The second-order valence-electron chi connectivity index (χ2n) is 6.34. The van der Waals surface area contributed by atoms with Gasteiger partial charge in [0, 0.05) is 6.54 Å². The summed E-state index contributed by atoms with van der Waals surface area (Å²) >= 11 is 0. The number of aryl methyl sites for hydroxylation is 2. The summed E-state index contributed by atoms with van der Waals surface area (Å²) in [6.07, 6.45) is -4.36. The molecule has 0 aliphatic rings. The molecule has 0 aliphatic carbocycles. The Morgan fingerprint density at radius 1 is 1.00 bits per heavy atom. The van der Waals surface area contributed by atoms with Crippen molar-refractivity contribution in [2.75, 3.05) is 13.7 Å². The number of hydrogen-bond acceptors (Lipinski definition) is 4. The van der Waals surface area contributed by atoms with Crippen molar-refractivity contribution < 1.29 is 31.1 Å². The highest BCUT2D eigenvalue weighted by Crippen LogP contribution is 2.26. The Kier molecular flexibility index (Phi) is 7.08. The second-order valence-corrected chi connectivity index (χ2v) is 8.11. The van der Waals surface area contributed by atoms with Gasteiger partial charge in [-0.25, -0.2) is 13.1 Å². The average molecular weight is 417 g/mol. The number of alkyl halides is 3. The highest BCUT2D eigenvalue weighted by molar-refractivity contribution is 7.89. The van der Waals surface area contributed by atoms with Crippen molar-refractivity contribution >= 4 is 10.0 Å². The molecule has 154 valence electrons. The van der Waals surface area contributed by atoms with E-state index in [0.717, 1.165) is 0 Å². The molecule has 0 heterocycles. The lowest BCUT2D eigenvalue weighted by Crippen LogP contribution is -2.23. The van der Waals surface area contributed by atoms with Crippen molar-refractivity contribution in [3.63, 3.8) is 0 Å². The van der Waals surface area contributed by atoms with Gasteiger partial charge in [-0.1, -0.05) is 24.3 Å². The van der Waals surface area contributed by atoms with Crippen molar-refractivity contribution in [2.24, 2.45) is 0 Å². The topological polar surface area (TPSA) is 64.6 Å². The summed E-state index contributed by atoms with van der Waals surface area (Å²) in [4.78, 5) is 0.139. The van der Waals surface area contributed by atoms with E-state index < -0.39 is 22.8 Å². The first-order chi connectivity index (χ1) is 13.0. The lowest BCUT2D eigenvalue weighted by molar-refractivity contribution is -0.176. The van der Waals surface area contributed by atoms with Gasteiger partial charge < -0.3 is 9.47 Å². The van der Waals surface area contributed by atoms with Crippen LogP contribution in [-0.4, -0.2) is 28.3 Å². The first-order valence-electron chi connectivity index (χ1n) is 8.39. The van der Waals surface area contributed by atoms with Gasteiger partial charge in [0.2, 0.25) is 10.0 Å². The predicted octanol–water partition coefficient (Wildman–Crippen LogP) is 3.87. The van der Waals surface area contributed by atoms with Crippen LogP contribution in [0.1, 0.15) is 22.3 Å². The van der Waals surface area contributed by atoms with Crippen LogP contribution in [0.5, 0.6) is 5.75 Å². The van der Waals surface area contributed by atoms with Crippen LogP contribution in [0.4, 0.5) is 13.2 Å². The van der Waals surface area contributed by atoms with E-state index in [-0.39, 0.29) is 18.0 Å². The normalized spacial score (nSPS) is 12.2. The molecule has 0 aliphatic heterocycles. The van der Waals surface area contributed by atoms with Crippen LogP contribution >= 0.6 is 0 Å². The molecule has 0 aromatic heterocycles. The van der Waals surface area contributed by atoms with Crippen molar-refractivity contribution in [1.82, 2.24) is 4.72 Å². The first-order valence-corrected chi connectivity index (χ1v) is 9.87. The zero-order chi connectivity index (χ0) is 20.9. The molecule has 0 unspecified atom stereocenters. The maximum atomic E-state index is 12.5. The van der Waals surface area contributed by atoms with Gasteiger partial charge in [-0.3, -0.25) is 0 Å². The maximum Gasteiger partial charge on any atom is 0.411 e. The van der Waals surface area contributed by atoms with Crippen LogP contribution in [0.2, 0.25) is 0 Å². The van der Waals surface area contributed by atoms with E-state index in [0.29, 0.717) is 28.0 Å². The van der Waals surface area contributed by atoms with E-state index in [4.69, 9.17) is 4.74 Å². The Balaban J connectivity index is 1.99. The molecule has 5 nitrogen and oxygen atoms in total. The van der Waals surface area contributed by atoms with E-state index in [2.05, 4.69) is 9.46 Å². The summed E-state index contributed by atoms with van der Waals surface area (Å²) < 4.78 is 73.6. The fourth-order valence-corrected chi connectivity index (χ4v) is 3.87. The molecule has 0 saturated heterocycles. The van der Waals surface area contributed by atoms with Crippen molar-refractivity contribution in [2.45, 2.75) is 38.1 Å². The van der Waals surface area contributed by atoms with Crippen molar-refractivity contribution in [1.29, 1.82) is 0 Å². The number of benzene rings is 2. The molecule has 2 aromatic carbocycles. The standard InChI is InChI=1S/C19H22F3NO4S/c1-13-8-17(9-14(2)18(13)26-3)28(24,25)23-10-15-4-6-16(7-5-15)11-27-12-19(20,21)22/h4-9,23H,10-12H2,1-3H3. The van der Waals surface area contributed by atoms with E-state index in [9.17, 15) is 21.6 Å². The van der Waals surface area contributed by atoms with Crippen LogP contribution in [0.25, 0.3) is 0 Å². The van der Waals surface area contributed by atoms with Gasteiger partial charge in [0.05, 0.1) is 18.6 Å². The molecule has 0 radical (unpaired) electrons. The maximum absolute atomic E-state index is 12.5. The smallest absolute Gasteiger partial charge is 0.411 e. The van der Waals surface area contributed by atoms with E-state index in [1.54, 1.807) is 38.1 Å². The van der Waals surface area contributed by atoms with Crippen LogP contribution in [0.3, 0.4) is 0 Å². The number of rotatable bonds is 8. The molecule has 9 heteroatoms. The van der Waals surface area contributed by atoms with Crippen molar-refractivity contribution in [3.8, 4) is 5.75 Å². The van der Waals surface area contributed by atoms with Crippen LogP contribution in [0.15, 0.2) is 41.3 Å². The molecule has 0 bridgehead atoms. The zero-order valence-corrected chi connectivity index (χ0v) is 16.6. The van der Waals surface area contributed by atoms with Gasteiger partial charge in [-0.05, 0) is 48.2 Å². The molecule has 0 amide bonds. The molecule has 0 saturated carbocycles. The fourth-order valence-electron chi connectivity index (χ4n) is 2.69. The summed E-state index contributed by atoms with van der Waals surface area (Å²) in [5.74, 6) is 0.641. The summed E-state index contributed by atoms with van der Waals surface area (Å²) in [6, 6.07) is 9.55. The number of sulfonamides is 1. The monoisotopic (exact) mass is 417 g/mol. The summed E-state index contributed by atoms with van der Waals surface area (Å²) in [5.41, 5.74) is 2.67. The Bertz CT molecular complexity index is 887. The highest BCUT2D eigenvalue weighted by Gasteiger charge is 2.27. The summed E-state index contributed by atoms with van der Waals surface area (Å²) in [7, 11) is -2.20. The molecule has 2 aromatic rings.